The van der Waals surface area contributed by atoms with Crippen LogP contribution in [0.2, 0.25) is 0 Å². The van der Waals surface area contributed by atoms with Gasteiger partial charge in [-0.05, 0) is 56.0 Å². The molecule has 30 heavy (non-hydrogen) atoms. The highest BCUT2D eigenvalue weighted by molar-refractivity contribution is 5.94. The molecule has 4 rings (SSSR count). The van der Waals surface area contributed by atoms with Crippen LogP contribution in [0.1, 0.15) is 35.2 Å². The average Bonchev–Trinajstić information content (AvgIpc) is 2.72. The maximum atomic E-state index is 13.2. The van der Waals surface area contributed by atoms with Gasteiger partial charge in [-0.3, -0.25) is 9.69 Å². The van der Waals surface area contributed by atoms with E-state index < -0.39 is 17.5 Å². The molecule has 0 bridgehead atoms. The third kappa shape index (κ3) is 5.29. The van der Waals surface area contributed by atoms with Crippen molar-refractivity contribution < 1.29 is 13.6 Å². The quantitative estimate of drug-likeness (QED) is 0.696. The fourth-order valence-electron chi connectivity index (χ4n) is 4.46. The summed E-state index contributed by atoms with van der Waals surface area (Å²) in [5, 5.41) is 2.75. The molecule has 0 radical (unpaired) electrons. The predicted molar refractivity (Wildman–Crippen MR) is 118 cm³/mol. The summed E-state index contributed by atoms with van der Waals surface area (Å²) in [5.41, 5.74) is 2.89. The summed E-state index contributed by atoms with van der Waals surface area (Å²) in [6.45, 7) is 4.72. The number of hydrogen-bond donors (Lipinski definition) is 1. The number of nitrogens with one attached hydrogen (secondary N) is 1. The van der Waals surface area contributed by atoms with Crippen LogP contribution in [0.4, 0.5) is 14.5 Å². The molecule has 0 saturated carbocycles. The molecule has 162 valence electrons. The Bertz CT molecular complexity index is 859. The van der Waals surface area contributed by atoms with Crippen molar-refractivity contribution in [1.82, 2.24) is 10.2 Å². The molecule has 1 N–H and O–H groups in total. The van der Waals surface area contributed by atoms with Gasteiger partial charge in [-0.15, -0.1) is 12.4 Å². The molecule has 0 spiro atoms. The molecule has 2 aromatic carbocycles. The Hall–Kier alpha value is -2.18. The number of benzene rings is 2. The summed E-state index contributed by atoms with van der Waals surface area (Å²) in [6, 6.07) is 12.2. The van der Waals surface area contributed by atoms with E-state index in [-0.39, 0.29) is 18.0 Å². The lowest BCUT2D eigenvalue weighted by Gasteiger charge is -2.46. The van der Waals surface area contributed by atoms with E-state index in [0.29, 0.717) is 12.6 Å². The third-order valence-corrected chi connectivity index (χ3v) is 5.93. The monoisotopic (exact) mass is 435 g/mol. The van der Waals surface area contributed by atoms with Gasteiger partial charge in [0.05, 0.1) is 0 Å². The Morgan fingerprint density at radius 1 is 1.07 bits per heavy atom. The van der Waals surface area contributed by atoms with Crippen LogP contribution in [0, 0.1) is 11.6 Å². The van der Waals surface area contributed by atoms with Crippen molar-refractivity contribution in [1.29, 1.82) is 0 Å². The maximum Gasteiger partial charge on any atom is 0.251 e. The topological polar surface area (TPSA) is 35.6 Å². The number of carbonyl (C=O) groups is 1. The van der Waals surface area contributed by atoms with Gasteiger partial charge in [0.15, 0.2) is 0 Å². The summed E-state index contributed by atoms with van der Waals surface area (Å²) in [5.74, 6) is -1.91. The molecular formula is C23H28ClF2N3O. The Balaban J connectivity index is 0.00000256. The Kier molecular flexibility index (Phi) is 7.67. The van der Waals surface area contributed by atoms with E-state index in [0.717, 1.165) is 63.6 Å². The van der Waals surface area contributed by atoms with Crippen molar-refractivity contribution in [3.8, 4) is 0 Å². The minimum atomic E-state index is -0.736. The molecule has 2 aliphatic heterocycles. The number of halogens is 3. The summed E-state index contributed by atoms with van der Waals surface area (Å²) in [6.07, 6.45) is 4.18. The largest absolute Gasteiger partial charge is 0.366 e. The van der Waals surface area contributed by atoms with Gasteiger partial charge in [-0.25, -0.2) is 8.78 Å². The molecule has 2 heterocycles. The van der Waals surface area contributed by atoms with Crippen LogP contribution < -0.4 is 10.2 Å². The van der Waals surface area contributed by atoms with E-state index >= 15 is 0 Å². The number of rotatable bonds is 6. The second kappa shape index (κ2) is 10.2. The number of para-hydroxylation sites is 1. The van der Waals surface area contributed by atoms with Gasteiger partial charge in [-0.1, -0.05) is 18.2 Å². The lowest BCUT2D eigenvalue weighted by molar-refractivity contribution is 0.0951. The average molecular weight is 436 g/mol. The first kappa shape index (κ1) is 22.5. The minimum absolute atomic E-state index is 0. The Morgan fingerprint density at radius 2 is 1.83 bits per heavy atom. The second-order valence-electron chi connectivity index (χ2n) is 7.94. The first-order valence-corrected chi connectivity index (χ1v) is 10.4. The van der Waals surface area contributed by atoms with Crippen LogP contribution in [0.5, 0.6) is 0 Å². The third-order valence-electron chi connectivity index (χ3n) is 5.93. The van der Waals surface area contributed by atoms with E-state index in [1.807, 2.05) is 0 Å². The van der Waals surface area contributed by atoms with Gasteiger partial charge in [0.25, 0.3) is 5.91 Å². The van der Waals surface area contributed by atoms with Crippen molar-refractivity contribution in [2.24, 2.45) is 0 Å². The van der Waals surface area contributed by atoms with Crippen molar-refractivity contribution in [2.75, 3.05) is 37.6 Å². The number of nitrogens with zero attached hydrogens (tertiary/aromatic N) is 2. The molecule has 1 fully saturated rings. The highest BCUT2D eigenvalue weighted by atomic mass is 35.5. The molecule has 2 aromatic rings. The summed E-state index contributed by atoms with van der Waals surface area (Å²) in [7, 11) is 0. The highest BCUT2D eigenvalue weighted by Gasteiger charge is 2.30. The number of hydrogen-bond acceptors (Lipinski definition) is 3. The number of amides is 1. The summed E-state index contributed by atoms with van der Waals surface area (Å²) in [4.78, 5) is 17.1. The van der Waals surface area contributed by atoms with Crippen LogP contribution >= 0.6 is 12.4 Å². The van der Waals surface area contributed by atoms with E-state index in [1.54, 1.807) is 0 Å². The van der Waals surface area contributed by atoms with E-state index in [9.17, 15) is 13.6 Å². The van der Waals surface area contributed by atoms with Crippen molar-refractivity contribution in [2.45, 2.75) is 31.7 Å². The fraction of sp³-hybridized carbons (Fsp3) is 0.435. The lowest BCUT2D eigenvalue weighted by Crippen LogP contribution is -2.55. The minimum Gasteiger partial charge on any atom is -0.366 e. The molecule has 0 aromatic heterocycles. The van der Waals surface area contributed by atoms with Gasteiger partial charge >= 0.3 is 0 Å². The smallest absolute Gasteiger partial charge is 0.251 e. The molecule has 1 amide bonds. The number of carbonyl (C=O) groups excluding carboxylic acids is 1. The number of fused-ring (bicyclic) bond motifs is 3. The van der Waals surface area contributed by atoms with Crippen LogP contribution in [0.25, 0.3) is 0 Å². The Morgan fingerprint density at radius 3 is 2.63 bits per heavy atom. The molecule has 1 unspecified atom stereocenters. The van der Waals surface area contributed by atoms with E-state index in [4.69, 9.17) is 0 Å². The molecule has 1 atom stereocenters. The number of piperazine rings is 1. The van der Waals surface area contributed by atoms with Crippen molar-refractivity contribution in [3.05, 3.63) is 65.2 Å². The van der Waals surface area contributed by atoms with Gasteiger partial charge in [-0.2, -0.15) is 0 Å². The normalized spacial score (nSPS) is 18.2. The fourth-order valence-corrected chi connectivity index (χ4v) is 4.46. The molecule has 2 aliphatic rings. The van der Waals surface area contributed by atoms with Crippen molar-refractivity contribution in [3.63, 3.8) is 0 Å². The molecule has 1 saturated heterocycles. The van der Waals surface area contributed by atoms with Gasteiger partial charge in [0.1, 0.15) is 11.6 Å². The van der Waals surface area contributed by atoms with Crippen LogP contribution in [-0.4, -0.2) is 49.6 Å². The van der Waals surface area contributed by atoms with Gasteiger partial charge < -0.3 is 10.2 Å². The highest BCUT2D eigenvalue weighted by Crippen LogP contribution is 2.32. The number of aryl methyl sites for hydroxylation is 1. The zero-order valence-corrected chi connectivity index (χ0v) is 17.8. The second-order valence-corrected chi connectivity index (χ2v) is 7.94. The summed E-state index contributed by atoms with van der Waals surface area (Å²) < 4.78 is 26.4. The van der Waals surface area contributed by atoms with E-state index in [1.165, 1.54) is 17.7 Å². The molecule has 4 nitrogen and oxygen atoms in total. The van der Waals surface area contributed by atoms with Crippen LogP contribution in [0.15, 0.2) is 42.5 Å². The van der Waals surface area contributed by atoms with Crippen LogP contribution in [-0.2, 0) is 6.42 Å². The molecule has 0 aliphatic carbocycles. The molecule has 7 heteroatoms. The molecular weight excluding hydrogens is 408 g/mol. The lowest BCUT2D eigenvalue weighted by atomic mass is 9.94. The van der Waals surface area contributed by atoms with Crippen molar-refractivity contribution >= 4 is 24.0 Å². The zero-order chi connectivity index (χ0) is 20.2. The number of anilines is 1. The van der Waals surface area contributed by atoms with E-state index in [2.05, 4.69) is 39.4 Å². The van der Waals surface area contributed by atoms with Gasteiger partial charge in [0.2, 0.25) is 0 Å². The maximum absolute atomic E-state index is 13.2. The first-order valence-electron chi connectivity index (χ1n) is 10.4. The Labute approximate surface area is 182 Å². The first-order chi connectivity index (χ1) is 14.1. The predicted octanol–water partition coefficient (Wildman–Crippen LogP) is 4.03. The van der Waals surface area contributed by atoms with Crippen LogP contribution in [0.3, 0.4) is 0 Å². The SMILES string of the molecule is Cl.O=C(NCCCCN1CCN2c3ccccc3CCC2C1)c1cc(F)cc(F)c1. The van der Waals surface area contributed by atoms with Gasteiger partial charge in [0, 0.05) is 49.5 Å². The number of unbranched alkanes of at least 4 members (excludes halogenated alkanes) is 1. The summed E-state index contributed by atoms with van der Waals surface area (Å²) >= 11 is 0. The zero-order valence-electron chi connectivity index (χ0n) is 16.9. The standard InChI is InChI=1S/C23H27F2N3O.ClH/c24-19-13-18(14-20(25)15-19)23(29)26-9-3-4-10-27-11-12-28-21(16-27)8-7-17-5-1-2-6-22(17)28;/h1-2,5-6,13-15,21H,3-4,7-12,16H2,(H,26,29);1H.